The van der Waals surface area contributed by atoms with E-state index in [2.05, 4.69) is 43.3 Å². The van der Waals surface area contributed by atoms with Gasteiger partial charge in [0.25, 0.3) is 0 Å². The number of rotatable bonds is 3. The van der Waals surface area contributed by atoms with Crippen molar-refractivity contribution < 1.29 is 4.74 Å². The Morgan fingerprint density at radius 2 is 2.18 bits per heavy atom. The zero-order valence-corrected chi connectivity index (χ0v) is 11.3. The number of likely N-dealkylation sites (tertiary alicyclic amines) is 1. The molecule has 17 heavy (non-hydrogen) atoms. The van der Waals surface area contributed by atoms with Crippen molar-refractivity contribution in [2.75, 3.05) is 25.6 Å². The van der Waals surface area contributed by atoms with Crippen molar-refractivity contribution in [1.29, 1.82) is 0 Å². The molecule has 0 aliphatic carbocycles. The van der Waals surface area contributed by atoms with E-state index in [1.54, 1.807) is 0 Å². The van der Waals surface area contributed by atoms with E-state index in [4.69, 9.17) is 10.6 Å². The summed E-state index contributed by atoms with van der Waals surface area (Å²) in [5, 5.41) is 0. The number of hydrazine groups is 1. The van der Waals surface area contributed by atoms with Crippen LogP contribution in [0.15, 0.2) is 10.8 Å². The summed E-state index contributed by atoms with van der Waals surface area (Å²) in [6.45, 7) is 2.10. The summed E-state index contributed by atoms with van der Waals surface area (Å²) in [5.74, 6) is 6.41. The fourth-order valence-corrected chi connectivity index (χ4v) is 2.21. The molecule has 0 spiro atoms. The van der Waals surface area contributed by atoms with Crippen LogP contribution in [0.5, 0.6) is 5.88 Å². The molecule has 1 fully saturated rings. The number of nitrogens with zero attached hydrogens (tertiary/aromatic N) is 3. The summed E-state index contributed by atoms with van der Waals surface area (Å²) >= 11 is 3.38. The number of nitrogen functional groups attached to an aromatic ring is 1. The highest BCUT2D eigenvalue weighted by Crippen LogP contribution is 2.29. The zero-order valence-electron chi connectivity index (χ0n) is 9.69. The minimum Gasteiger partial charge on any atom is -0.473 e. The van der Waals surface area contributed by atoms with Crippen LogP contribution in [0, 0.1) is 0 Å². The number of hydrogen-bond donors (Lipinski definition) is 2. The normalized spacial score (nSPS) is 18.1. The molecule has 7 heteroatoms. The van der Waals surface area contributed by atoms with Gasteiger partial charge in [0.2, 0.25) is 5.88 Å². The summed E-state index contributed by atoms with van der Waals surface area (Å²) in [6.07, 6.45) is 3.67. The van der Waals surface area contributed by atoms with Crippen molar-refractivity contribution in [3.63, 3.8) is 0 Å². The maximum absolute atomic E-state index is 5.86. The molecule has 0 amide bonds. The Morgan fingerprint density at radius 1 is 1.47 bits per heavy atom. The lowest BCUT2D eigenvalue weighted by molar-refractivity contribution is 0.109. The van der Waals surface area contributed by atoms with Crippen molar-refractivity contribution >= 4 is 21.7 Å². The van der Waals surface area contributed by atoms with Gasteiger partial charge in [-0.15, -0.1) is 0 Å². The predicted octanol–water partition coefficient (Wildman–Crippen LogP) is 0.998. The zero-order chi connectivity index (χ0) is 12.3. The lowest BCUT2D eigenvalue weighted by atomic mass is 10.1. The van der Waals surface area contributed by atoms with Crippen LogP contribution >= 0.6 is 15.9 Å². The molecule has 0 saturated carbocycles. The smallest absolute Gasteiger partial charge is 0.233 e. The van der Waals surface area contributed by atoms with Gasteiger partial charge in [0.1, 0.15) is 16.9 Å². The van der Waals surface area contributed by atoms with Gasteiger partial charge in [-0.1, -0.05) is 0 Å². The molecule has 2 heterocycles. The van der Waals surface area contributed by atoms with Crippen molar-refractivity contribution in [1.82, 2.24) is 14.9 Å². The minimum absolute atomic E-state index is 0.211. The second-order valence-corrected chi connectivity index (χ2v) is 4.90. The first-order valence-corrected chi connectivity index (χ1v) is 6.32. The van der Waals surface area contributed by atoms with Crippen LogP contribution in [0.1, 0.15) is 12.8 Å². The summed E-state index contributed by atoms with van der Waals surface area (Å²) in [7, 11) is 2.12. The van der Waals surface area contributed by atoms with Gasteiger partial charge in [-0.25, -0.2) is 15.8 Å². The molecule has 0 atom stereocenters. The van der Waals surface area contributed by atoms with Gasteiger partial charge in [0.15, 0.2) is 5.82 Å². The summed E-state index contributed by atoms with van der Waals surface area (Å²) < 4.78 is 6.52. The average molecular weight is 302 g/mol. The van der Waals surface area contributed by atoms with Gasteiger partial charge < -0.3 is 15.1 Å². The highest BCUT2D eigenvalue weighted by atomic mass is 79.9. The summed E-state index contributed by atoms with van der Waals surface area (Å²) in [5.41, 5.74) is 2.49. The maximum Gasteiger partial charge on any atom is 0.233 e. The number of nitrogens with one attached hydrogen (secondary N) is 1. The molecular formula is C10H16BrN5O. The maximum atomic E-state index is 5.86. The lowest BCUT2D eigenvalue weighted by Gasteiger charge is -2.29. The molecule has 2 rings (SSSR count). The van der Waals surface area contributed by atoms with E-state index >= 15 is 0 Å². The van der Waals surface area contributed by atoms with Crippen LogP contribution in [-0.2, 0) is 0 Å². The Hall–Kier alpha value is -0.920. The molecule has 6 nitrogen and oxygen atoms in total. The molecule has 0 bridgehead atoms. The second-order valence-electron chi connectivity index (χ2n) is 4.11. The lowest BCUT2D eigenvalue weighted by Crippen LogP contribution is -2.35. The Morgan fingerprint density at radius 3 is 2.82 bits per heavy atom. The van der Waals surface area contributed by atoms with Crippen molar-refractivity contribution in [3.8, 4) is 5.88 Å². The van der Waals surface area contributed by atoms with Gasteiger partial charge in [0, 0.05) is 13.1 Å². The van der Waals surface area contributed by atoms with Gasteiger partial charge >= 0.3 is 0 Å². The molecule has 0 radical (unpaired) electrons. The van der Waals surface area contributed by atoms with E-state index in [1.165, 1.54) is 6.33 Å². The van der Waals surface area contributed by atoms with Crippen LogP contribution < -0.4 is 16.0 Å². The Kier molecular flexibility index (Phi) is 4.14. The molecule has 0 aromatic carbocycles. The quantitative estimate of drug-likeness (QED) is 0.641. The van der Waals surface area contributed by atoms with Gasteiger partial charge in [0.05, 0.1) is 0 Å². The minimum atomic E-state index is 0.211. The largest absolute Gasteiger partial charge is 0.473 e. The Balaban J connectivity index is 2.03. The molecule has 94 valence electrons. The monoisotopic (exact) mass is 301 g/mol. The second kappa shape index (κ2) is 5.61. The van der Waals surface area contributed by atoms with E-state index in [-0.39, 0.29) is 6.10 Å². The molecule has 1 aromatic rings. The van der Waals surface area contributed by atoms with Crippen LogP contribution in [0.2, 0.25) is 0 Å². The van der Waals surface area contributed by atoms with Crippen LogP contribution in [0.25, 0.3) is 0 Å². The predicted molar refractivity (Wildman–Crippen MR) is 68.7 cm³/mol. The standard InChI is InChI=1S/C10H16BrN5O/c1-16-4-2-7(3-5-16)17-10-8(11)9(15-12)13-6-14-10/h6-7H,2-5,12H2,1H3,(H,13,14,15). The Labute approximate surface area is 109 Å². The fraction of sp³-hybridized carbons (Fsp3) is 0.600. The first kappa shape index (κ1) is 12.5. The van der Waals surface area contributed by atoms with Crippen molar-refractivity contribution in [2.24, 2.45) is 5.84 Å². The molecule has 1 aliphatic heterocycles. The topological polar surface area (TPSA) is 76.3 Å². The van der Waals surface area contributed by atoms with Gasteiger partial charge in [-0.3, -0.25) is 0 Å². The first-order chi connectivity index (χ1) is 8.20. The molecule has 0 unspecified atom stereocenters. The van der Waals surface area contributed by atoms with Gasteiger partial charge in [-0.05, 0) is 35.8 Å². The van der Waals surface area contributed by atoms with Crippen molar-refractivity contribution in [2.45, 2.75) is 18.9 Å². The van der Waals surface area contributed by atoms with Crippen molar-refractivity contribution in [3.05, 3.63) is 10.8 Å². The first-order valence-electron chi connectivity index (χ1n) is 5.53. The number of anilines is 1. The highest BCUT2D eigenvalue weighted by molar-refractivity contribution is 9.10. The third-order valence-electron chi connectivity index (χ3n) is 2.84. The molecular weight excluding hydrogens is 286 g/mol. The van der Waals surface area contributed by atoms with E-state index in [1.807, 2.05) is 0 Å². The summed E-state index contributed by atoms with van der Waals surface area (Å²) in [4.78, 5) is 10.4. The molecule has 1 aromatic heterocycles. The van der Waals surface area contributed by atoms with E-state index in [9.17, 15) is 0 Å². The van der Waals surface area contributed by atoms with Crippen LogP contribution in [0.4, 0.5) is 5.82 Å². The van der Waals surface area contributed by atoms with Gasteiger partial charge in [-0.2, -0.15) is 0 Å². The van der Waals surface area contributed by atoms with Crippen LogP contribution in [-0.4, -0.2) is 41.1 Å². The van der Waals surface area contributed by atoms with E-state index < -0.39 is 0 Å². The number of piperidine rings is 1. The highest BCUT2D eigenvalue weighted by Gasteiger charge is 2.20. The number of hydrogen-bond acceptors (Lipinski definition) is 6. The number of halogens is 1. The Bertz CT molecular complexity index is 381. The van der Waals surface area contributed by atoms with E-state index in [0.29, 0.717) is 16.2 Å². The summed E-state index contributed by atoms with van der Waals surface area (Å²) in [6, 6.07) is 0. The third-order valence-corrected chi connectivity index (χ3v) is 3.55. The number of aromatic nitrogens is 2. The third kappa shape index (κ3) is 3.05. The van der Waals surface area contributed by atoms with E-state index in [0.717, 1.165) is 25.9 Å². The SMILES string of the molecule is CN1CCC(Oc2ncnc(NN)c2Br)CC1. The number of ether oxygens (including phenoxy) is 1. The molecule has 1 aliphatic rings. The van der Waals surface area contributed by atoms with Crippen LogP contribution in [0.3, 0.4) is 0 Å². The average Bonchev–Trinajstić information content (AvgIpc) is 2.35. The molecule has 3 N–H and O–H groups in total. The number of nitrogens with two attached hydrogens (primary N) is 1. The molecule has 1 saturated heterocycles. The fourth-order valence-electron chi connectivity index (χ4n) is 1.80.